The van der Waals surface area contributed by atoms with Gasteiger partial charge in [0.25, 0.3) is 0 Å². The fourth-order valence-corrected chi connectivity index (χ4v) is 0.901. The second-order valence-electron chi connectivity index (χ2n) is 2.53. The Bertz CT molecular complexity index is 89.3. The van der Waals surface area contributed by atoms with E-state index in [4.69, 9.17) is 0 Å². The molecule has 0 radical (unpaired) electrons. The summed E-state index contributed by atoms with van der Waals surface area (Å²) in [7, 11) is 3.97. The normalized spacial score (nSPS) is 11.6. The standard InChI is InChI=1S/C8H18N2/c1-4-7-10(3)8-5-6-9-2/h6H,4-5,7-8H2,1-3H3. The van der Waals surface area contributed by atoms with Crippen molar-refractivity contribution in [3.63, 3.8) is 0 Å². The van der Waals surface area contributed by atoms with Crippen molar-refractivity contribution in [2.45, 2.75) is 19.8 Å². The highest BCUT2D eigenvalue weighted by atomic mass is 15.1. The van der Waals surface area contributed by atoms with Crippen molar-refractivity contribution >= 4 is 6.21 Å². The average molecular weight is 142 g/mol. The first-order valence-corrected chi connectivity index (χ1v) is 3.90. The van der Waals surface area contributed by atoms with Crippen molar-refractivity contribution in [1.82, 2.24) is 4.90 Å². The van der Waals surface area contributed by atoms with Gasteiger partial charge in [-0.1, -0.05) is 6.92 Å². The molecule has 0 heterocycles. The van der Waals surface area contributed by atoms with Gasteiger partial charge in [-0.05, 0) is 32.6 Å². The van der Waals surface area contributed by atoms with E-state index in [2.05, 4.69) is 23.9 Å². The van der Waals surface area contributed by atoms with E-state index in [0.29, 0.717) is 0 Å². The Morgan fingerprint density at radius 2 is 2.10 bits per heavy atom. The molecule has 0 aromatic heterocycles. The number of hydrogen-bond acceptors (Lipinski definition) is 2. The van der Waals surface area contributed by atoms with E-state index in [-0.39, 0.29) is 0 Å². The molecule has 0 fully saturated rings. The van der Waals surface area contributed by atoms with Crippen molar-refractivity contribution < 1.29 is 0 Å². The summed E-state index contributed by atoms with van der Waals surface area (Å²) in [6.45, 7) is 4.52. The van der Waals surface area contributed by atoms with Crippen LogP contribution in [0.3, 0.4) is 0 Å². The summed E-state index contributed by atoms with van der Waals surface area (Å²) >= 11 is 0. The molecule has 0 aliphatic rings. The van der Waals surface area contributed by atoms with Gasteiger partial charge in [0.2, 0.25) is 0 Å². The van der Waals surface area contributed by atoms with Crippen molar-refractivity contribution in [2.75, 3.05) is 27.2 Å². The van der Waals surface area contributed by atoms with Crippen LogP contribution < -0.4 is 0 Å². The Morgan fingerprint density at radius 1 is 1.40 bits per heavy atom. The molecule has 0 aliphatic carbocycles. The molecule has 0 aromatic carbocycles. The molecule has 2 heteroatoms. The second-order valence-corrected chi connectivity index (χ2v) is 2.53. The van der Waals surface area contributed by atoms with E-state index in [0.717, 1.165) is 13.0 Å². The van der Waals surface area contributed by atoms with E-state index < -0.39 is 0 Å². The van der Waals surface area contributed by atoms with E-state index in [9.17, 15) is 0 Å². The predicted octanol–water partition coefficient (Wildman–Crippen LogP) is 1.42. The Kier molecular flexibility index (Phi) is 6.50. The summed E-state index contributed by atoms with van der Waals surface area (Å²) in [5.74, 6) is 0. The van der Waals surface area contributed by atoms with Gasteiger partial charge < -0.3 is 9.89 Å². The largest absolute Gasteiger partial charge is 0.306 e. The number of rotatable bonds is 5. The summed E-state index contributed by atoms with van der Waals surface area (Å²) in [4.78, 5) is 6.24. The maximum Gasteiger partial charge on any atom is 0.0273 e. The molecule has 0 saturated heterocycles. The molecule has 0 spiro atoms. The molecule has 0 amide bonds. The Hall–Kier alpha value is -0.370. The molecule has 0 aliphatic heterocycles. The Balaban J connectivity index is 3.12. The topological polar surface area (TPSA) is 15.6 Å². The van der Waals surface area contributed by atoms with Crippen LogP contribution in [0.4, 0.5) is 0 Å². The van der Waals surface area contributed by atoms with Crippen LogP contribution >= 0.6 is 0 Å². The van der Waals surface area contributed by atoms with E-state index >= 15 is 0 Å². The first-order valence-electron chi connectivity index (χ1n) is 3.90. The molecule has 0 N–H and O–H groups in total. The Labute approximate surface area is 63.9 Å². The van der Waals surface area contributed by atoms with Crippen LogP contribution in [0, 0.1) is 0 Å². The van der Waals surface area contributed by atoms with Crippen LogP contribution in [0.25, 0.3) is 0 Å². The van der Waals surface area contributed by atoms with Crippen LogP contribution in [-0.2, 0) is 0 Å². The van der Waals surface area contributed by atoms with Gasteiger partial charge in [-0.25, -0.2) is 0 Å². The zero-order valence-electron chi connectivity index (χ0n) is 7.30. The van der Waals surface area contributed by atoms with Gasteiger partial charge in [-0.3, -0.25) is 0 Å². The third kappa shape index (κ3) is 5.76. The van der Waals surface area contributed by atoms with Gasteiger partial charge >= 0.3 is 0 Å². The fourth-order valence-electron chi connectivity index (χ4n) is 0.901. The molecule has 0 bridgehead atoms. The Morgan fingerprint density at radius 3 is 2.60 bits per heavy atom. The SMILES string of the molecule is CCCN(C)CCC=NC. The first kappa shape index (κ1) is 9.63. The minimum atomic E-state index is 1.08. The number of nitrogens with zero attached hydrogens (tertiary/aromatic N) is 2. The smallest absolute Gasteiger partial charge is 0.0273 e. The lowest BCUT2D eigenvalue weighted by molar-refractivity contribution is 0.346. The van der Waals surface area contributed by atoms with Crippen LogP contribution in [-0.4, -0.2) is 38.3 Å². The maximum absolute atomic E-state index is 3.92. The summed E-state index contributed by atoms with van der Waals surface area (Å²) in [5.41, 5.74) is 0. The van der Waals surface area contributed by atoms with Gasteiger partial charge in [0.15, 0.2) is 0 Å². The van der Waals surface area contributed by atoms with Crippen molar-refractivity contribution in [2.24, 2.45) is 4.99 Å². The third-order valence-electron chi connectivity index (χ3n) is 1.43. The van der Waals surface area contributed by atoms with Crippen LogP contribution in [0.2, 0.25) is 0 Å². The number of aliphatic imine (C=N–C) groups is 1. The van der Waals surface area contributed by atoms with Gasteiger partial charge in [0.05, 0.1) is 0 Å². The molecule has 0 atom stereocenters. The minimum absolute atomic E-state index is 1.08. The minimum Gasteiger partial charge on any atom is -0.306 e. The number of hydrogen-bond donors (Lipinski definition) is 0. The molecule has 60 valence electrons. The highest BCUT2D eigenvalue weighted by Gasteiger charge is 1.92. The zero-order chi connectivity index (χ0) is 7.82. The van der Waals surface area contributed by atoms with Crippen molar-refractivity contribution in [3.8, 4) is 0 Å². The van der Waals surface area contributed by atoms with E-state index in [1.165, 1.54) is 13.0 Å². The third-order valence-corrected chi connectivity index (χ3v) is 1.43. The first-order chi connectivity index (χ1) is 4.81. The van der Waals surface area contributed by atoms with E-state index in [1.54, 1.807) is 0 Å². The summed E-state index contributed by atoms with van der Waals surface area (Å²) in [5, 5.41) is 0. The molecular weight excluding hydrogens is 124 g/mol. The molecule has 10 heavy (non-hydrogen) atoms. The molecule has 0 aromatic rings. The molecule has 2 nitrogen and oxygen atoms in total. The molecule has 0 unspecified atom stereocenters. The quantitative estimate of drug-likeness (QED) is 0.530. The average Bonchev–Trinajstić information content (AvgIpc) is 1.89. The molecular formula is C8H18N2. The lowest BCUT2D eigenvalue weighted by Crippen LogP contribution is -2.20. The van der Waals surface area contributed by atoms with Gasteiger partial charge in [-0.15, -0.1) is 0 Å². The van der Waals surface area contributed by atoms with Gasteiger partial charge in [0, 0.05) is 13.6 Å². The highest BCUT2D eigenvalue weighted by Crippen LogP contribution is 1.87. The summed E-state index contributed by atoms with van der Waals surface area (Å²) in [6, 6.07) is 0. The predicted molar refractivity (Wildman–Crippen MR) is 46.8 cm³/mol. The van der Waals surface area contributed by atoms with E-state index in [1.807, 2.05) is 13.3 Å². The second kappa shape index (κ2) is 6.75. The zero-order valence-corrected chi connectivity index (χ0v) is 7.30. The lowest BCUT2D eigenvalue weighted by Gasteiger charge is -2.12. The highest BCUT2D eigenvalue weighted by molar-refractivity contribution is 5.56. The summed E-state index contributed by atoms with van der Waals surface area (Å²) < 4.78 is 0. The lowest BCUT2D eigenvalue weighted by atomic mass is 10.4. The van der Waals surface area contributed by atoms with Gasteiger partial charge in [0.1, 0.15) is 0 Å². The maximum atomic E-state index is 3.92. The van der Waals surface area contributed by atoms with Gasteiger partial charge in [-0.2, -0.15) is 0 Å². The summed E-state index contributed by atoms with van der Waals surface area (Å²) in [6.07, 6.45) is 4.28. The van der Waals surface area contributed by atoms with Crippen molar-refractivity contribution in [3.05, 3.63) is 0 Å². The molecule has 0 saturated carbocycles. The van der Waals surface area contributed by atoms with Crippen LogP contribution in [0.15, 0.2) is 4.99 Å². The fraction of sp³-hybridized carbons (Fsp3) is 0.875. The van der Waals surface area contributed by atoms with Crippen LogP contribution in [0.1, 0.15) is 19.8 Å². The van der Waals surface area contributed by atoms with Crippen LogP contribution in [0.5, 0.6) is 0 Å². The molecule has 0 rings (SSSR count). The monoisotopic (exact) mass is 142 g/mol. The van der Waals surface area contributed by atoms with Crippen molar-refractivity contribution in [1.29, 1.82) is 0 Å².